The highest BCUT2D eigenvalue weighted by atomic mass is 35.5. The molecule has 0 amide bonds. The van der Waals surface area contributed by atoms with Gasteiger partial charge in [0.05, 0.1) is 0 Å². The largest absolute Gasteiger partial charge is 0.492 e. The number of rotatable bonds is 6. The number of benzene rings is 2. The summed E-state index contributed by atoms with van der Waals surface area (Å²) in [5, 5.41) is 3.89. The molecule has 21 heavy (non-hydrogen) atoms. The number of hydrogen-bond acceptors (Lipinski definition) is 2. The molecular weight excluding hydrogens is 289 g/mol. The first-order valence-electron chi connectivity index (χ1n) is 6.89. The average Bonchev–Trinajstić information content (AvgIpc) is 2.48. The van der Waals surface area contributed by atoms with Crippen molar-refractivity contribution in [1.82, 2.24) is 5.32 Å². The lowest BCUT2D eigenvalue weighted by molar-refractivity contribution is 0.269. The van der Waals surface area contributed by atoms with Crippen molar-refractivity contribution in [3.8, 4) is 5.75 Å². The molecule has 0 aromatic heterocycles. The van der Waals surface area contributed by atoms with E-state index in [1.165, 1.54) is 6.07 Å². The molecule has 0 aliphatic rings. The van der Waals surface area contributed by atoms with Gasteiger partial charge in [0.15, 0.2) is 0 Å². The highest BCUT2D eigenvalue weighted by molar-refractivity contribution is 6.30. The van der Waals surface area contributed by atoms with E-state index in [-0.39, 0.29) is 11.9 Å². The number of ether oxygens (including phenoxy) is 1. The summed E-state index contributed by atoms with van der Waals surface area (Å²) in [6, 6.07) is 12.2. The van der Waals surface area contributed by atoms with Gasteiger partial charge in [-0.1, -0.05) is 17.7 Å². The van der Waals surface area contributed by atoms with Crippen molar-refractivity contribution >= 4 is 11.6 Å². The lowest BCUT2D eigenvalue weighted by Crippen LogP contribution is -2.34. The number of hydrogen-bond donors (Lipinski definition) is 1. The van der Waals surface area contributed by atoms with Crippen LogP contribution in [0.2, 0.25) is 5.02 Å². The van der Waals surface area contributed by atoms with Crippen molar-refractivity contribution in [1.29, 1.82) is 0 Å². The monoisotopic (exact) mass is 307 g/mol. The van der Waals surface area contributed by atoms with Crippen molar-refractivity contribution in [3.63, 3.8) is 0 Å². The minimum absolute atomic E-state index is 0.112. The summed E-state index contributed by atoms with van der Waals surface area (Å²) in [4.78, 5) is 0. The predicted octanol–water partition coefficient (Wildman–Crippen LogP) is 4.00. The second-order valence-corrected chi connectivity index (χ2v) is 5.46. The minimum atomic E-state index is -0.205. The smallest absolute Gasteiger partial charge is 0.123 e. The van der Waals surface area contributed by atoms with Gasteiger partial charge >= 0.3 is 0 Å². The molecular formula is C17H19ClFNO. The van der Waals surface area contributed by atoms with Gasteiger partial charge in [-0.15, -0.1) is 0 Å². The third kappa shape index (κ3) is 4.73. The van der Waals surface area contributed by atoms with Gasteiger partial charge in [-0.2, -0.15) is 0 Å². The molecule has 0 aliphatic heterocycles. The molecule has 0 fully saturated rings. The van der Waals surface area contributed by atoms with Gasteiger partial charge in [0.25, 0.3) is 0 Å². The van der Waals surface area contributed by atoms with Crippen molar-refractivity contribution in [2.45, 2.75) is 19.4 Å². The van der Waals surface area contributed by atoms with E-state index in [2.05, 4.69) is 5.32 Å². The summed E-state index contributed by atoms with van der Waals surface area (Å²) in [6.07, 6.45) is 0.716. The van der Waals surface area contributed by atoms with Gasteiger partial charge in [0.2, 0.25) is 0 Å². The van der Waals surface area contributed by atoms with Crippen LogP contribution in [-0.2, 0) is 6.42 Å². The third-order valence-electron chi connectivity index (χ3n) is 3.45. The second-order valence-electron chi connectivity index (χ2n) is 5.03. The Labute approximate surface area is 129 Å². The molecule has 2 nitrogen and oxygen atoms in total. The molecule has 1 N–H and O–H groups in total. The second kappa shape index (κ2) is 7.43. The number of aryl methyl sites for hydroxylation is 1. The Hall–Kier alpha value is -1.58. The molecule has 1 atom stereocenters. The Morgan fingerprint density at radius 2 is 1.90 bits per heavy atom. The van der Waals surface area contributed by atoms with Crippen LogP contribution in [0.15, 0.2) is 42.5 Å². The summed E-state index contributed by atoms with van der Waals surface area (Å²) in [5.74, 6) is 0.569. The molecule has 2 aromatic rings. The standard InChI is InChI=1S/C17H19ClFNO/c1-12-3-6-15(19)9-13(12)10-16(20-2)11-21-17-7-4-14(18)5-8-17/h3-9,16,20H,10-11H2,1-2H3. The van der Waals surface area contributed by atoms with Gasteiger partial charge in [-0.25, -0.2) is 4.39 Å². The van der Waals surface area contributed by atoms with E-state index in [1.54, 1.807) is 24.3 Å². The molecule has 2 aromatic carbocycles. The van der Waals surface area contributed by atoms with Gasteiger partial charge in [-0.05, 0) is 67.9 Å². The Bertz CT molecular complexity index is 586. The maximum atomic E-state index is 13.3. The Balaban J connectivity index is 1.96. The van der Waals surface area contributed by atoms with Crippen molar-refractivity contribution in [2.75, 3.05) is 13.7 Å². The number of halogens is 2. The maximum Gasteiger partial charge on any atom is 0.123 e. The molecule has 0 heterocycles. The van der Waals surface area contributed by atoms with Crippen LogP contribution in [0.4, 0.5) is 4.39 Å². The van der Waals surface area contributed by atoms with Crippen LogP contribution >= 0.6 is 11.6 Å². The summed E-state index contributed by atoms with van der Waals surface area (Å²) >= 11 is 5.84. The molecule has 0 saturated carbocycles. The number of likely N-dealkylation sites (N-methyl/N-ethyl adjacent to an activating group) is 1. The molecule has 0 radical (unpaired) electrons. The minimum Gasteiger partial charge on any atom is -0.492 e. The molecule has 112 valence electrons. The van der Waals surface area contributed by atoms with Crippen LogP contribution < -0.4 is 10.1 Å². The van der Waals surface area contributed by atoms with Gasteiger partial charge in [0, 0.05) is 11.1 Å². The van der Waals surface area contributed by atoms with E-state index in [4.69, 9.17) is 16.3 Å². The zero-order valence-electron chi connectivity index (χ0n) is 12.2. The molecule has 0 spiro atoms. The Morgan fingerprint density at radius 1 is 1.19 bits per heavy atom. The quantitative estimate of drug-likeness (QED) is 0.871. The van der Waals surface area contributed by atoms with E-state index in [0.29, 0.717) is 18.1 Å². The highest BCUT2D eigenvalue weighted by Gasteiger charge is 2.11. The van der Waals surface area contributed by atoms with Crippen LogP contribution in [0, 0.1) is 12.7 Å². The first-order valence-corrected chi connectivity index (χ1v) is 7.27. The molecule has 0 aliphatic carbocycles. The van der Waals surface area contributed by atoms with Gasteiger partial charge < -0.3 is 10.1 Å². The summed E-state index contributed by atoms with van der Waals surface area (Å²) in [6.45, 7) is 2.50. The van der Waals surface area contributed by atoms with E-state index < -0.39 is 0 Å². The fraction of sp³-hybridized carbons (Fsp3) is 0.294. The Kier molecular flexibility index (Phi) is 5.59. The van der Waals surface area contributed by atoms with Crippen LogP contribution in [0.5, 0.6) is 5.75 Å². The molecule has 0 saturated heterocycles. The summed E-state index contributed by atoms with van der Waals surface area (Å²) in [7, 11) is 1.88. The summed E-state index contributed by atoms with van der Waals surface area (Å²) in [5.41, 5.74) is 2.08. The van der Waals surface area contributed by atoms with Crippen molar-refractivity contribution < 1.29 is 9.13 Å². The van der Waals surface area contributed by atoms with Crippen LogP contribution in [0.3, 0.4) is 0 Å². The molecule has 4 heteroatoms. The third-order valence-corrected chi connectivity index (χ3v) is 3.70. The fourth-order valence-corrected chi connectivity index (χ4v) is 2.22. The molecule has 2 rings (SSSR count). The topological polar surface area (TPSA) is 21.3 Å². The maximum absolute atomic E-state index is 13.3. The first-order chi connectivity index (χ1) is 10.1. The Morgan fingerprint density at radius 3 is 2.57 bits per heavy atom. The van der Waals surface area contributed by atoms with Gasteiger partial charge in [-0.3, -0.25) is 0 Å². The zero-order valence-corrected chi connectivity index (χ0v) is 13.0. The predicted molar refractivity (Wildman–Crippen MR) is 84.6 cm³/mol. The SMILES string of the molecule is CNC(COc1ccc(Cl)cc1)Cc1cc(F)ccc1C. The normalized spacial score (nSPS) is 12.2. The fourth-order valence-electron chi connectivity index (χ4n) is 2.10. The molecule has 1 unspecified atom stereocenters. The first kappa shape index (κ1) is 15.8. The van der Waals surface area contributed by atoms with E-state index in [1.807, 2.05) is 26.1 Å². The number of nitrogens with one attached hydrogen (secondary N) is 1. The van der Waals surface area contributed by atoms with Crippen LogP contribution in [0.25, 0.3) is 0 Å². The summed E-state index contributed by atoms with van der Waals surface area (Å²) < 4.78 is 19.1. The highest BCUT2D eigenvalue weighted by Crippen LogP contribution is 2.17. The average molecular weight is 308 g/mol. The van der Waals surface area contributed by atoms with Crippen molar-refractivity contribution in [2.24, 2.45) is 0 Å². The van der Waals surface area contributed by atoms with Crippen LogP contribution in [0.1, 0.15) is 11.1 Å². The van der Waals surface area contributed by atoms with E-state index in [9.17, 15) is 4.39 Å². The van der Waals surface area contributed by atoms with E-state index in [0.717, 1.165) is 16.9 Å². The van der Waals surface area contributed by atoms with Gasteiger partial charge in [0.1, 0.15) is 18.2 Å². The molecule has 0 bridgehead atoms. The lowest BCUT2D eigenvalue weighted by Gasteiger charge is -2.18. The zero-order chi connectivity index (χ0) is 15.2. The van der Waals surface area contributed by atoms with E-state index >= 15 is 0 Å². The van der Waals surface area contributed by atoms with Crippen molar-refractivity contribution in [3.05, 3.63) is 64.4 Å². The lowest BCUT2D eigenvalue weighted by atomic mass is 10.0. The van der Waals surface area contributed by atoms with Crippen LogP contribution in [-0.4, -0.2) is 19.7 Å².